The van der Waals surface area contributed by atoms with Gasteiger partial charge in [0.25, 0.3) is 0 Å². The lowest BCUT2D eigenvalue weighted by Crippen LogP contribution is -2.41. The molecule has 1 unspecified atom stereocenters. The van der Waals surface area contributed by atoms with Gasteiger partial charge in [0.15, 0.2) is 0 Å². The molecule has 0 radical (unpaired) electrons. The van der Waals surface area contributed by atoms with Gasteiger partial charge < -0.3 is 5.32 Å². The summed E-state index contributed by atoms with van der Waals surface area (Å²) in [5, 5.41) is 3.27. The lowest BCUT2D eigenvalue weighted by Gasteiger charge is -2.28. The molecule has 0 spiro atoms. The van der Waals surface area contributed by atoms with Crippen LogP contribution in [0.4, 0.5) is 0 Å². The van der Waals surface area contributed by atoms with Crippen molar-refractivity contribution in [3.63, 3.8) is 0 Å². The summed E-state index contributed by atoms with van der Waals surface area (Å²) in [6, 6.07) is 0.228. The van der Waals surface area contributed by atoms with E-state index in [-0.39, 0.29) is 6.04 Å². The van der Waals surface area contributed by atoms with Gasteiger partial charge in [-0.15, -0.1) is 0 Å². The van der Waals surface area contributed by atoms with Crippen molar-refractivity contribution in [2.45, 2.75) is 25.3 Å². The Morgan fingerprint density at radius 2 is 2.00 bits per heavy atom. The first kappa shape index (κ1) is 13.6. The average Bonchev–Trinajstić information content (AvgIpc) is 2.82. The maximum atomic E-state index is 12.3. The molecule has 6 heteroatoms. The highest BCUT2D eigenvalue weighted by Crippen LogP contribution is 2.25. The SMILES string of the molecule is CN(C1CCSC1)S(=O)(=O)CC1CCNCC1. The van der Waals surface area contributed by atoms with Crippen LogP contribution in [0.25, 0.3) is 0 Å². The first-order chi connectivity index (χ1) is 8.09. The lowest BCUT2D eigenvalue weighted by molar-refractivity contribution is 0.367. The van der Waals surface area contributed by atoms with Crippen molar-refractivity contribution in [2.75, 3.05) is 37.4 Å². The Labute approximate surface area is 109 Å². The number of thioether (sulfide) groups is 1. The summed E-state index contributed by atoms with van der Waals surface area (Å²) in [7, 11) is -1.29. The molecule has 17 heavy (non-hydrogen) atoms. The summed E-state index contributed by atoms with van der Waals surface area (Å²) in [5.41, 5.74) is 0. The molecule has 2 fully saturated rings. The Kier molecular flexibility index (Phi) is 4.74. The van der Waals surface area contributed by atoms with Crippen LogP contribution in [-0.4, -0.2) is 56.2 Å². The van der Waals surface area contributed by atoms with Crippen LogP contribution in [-0.2, 0) is 10.0 Å². The fourth-order valence-electron chi connectivity index (χ4n) is 2.50. The molecule has 0 aromatic rings. The van der Waals surface area contributed by atoms with Crippen LogP contribution in [0.1, 0.15) is 19.3 Å². The van der Waals surface area contributed by atoms with Crippen molar-refractivity contribution in [1.29, 1.82) is 0 Å². The molecule has 100 valence electrons. The van der Waals surface area contributed by atoms with E-state index in [1.807, 2.05) is 11.8 Å². The summed E-state index contributed by atoms with van der Waals surface area (Å²) in [6.07, 6.45) is 2.99. The maximum Gasteiger partial charge on any atom is 0.214 e. The molecule has 0 aliphatic carbocycles. The van der Waals surface area contributed by atoms with E-state index in [1.165, 1.54) is 0 Å². The minimum Gasteiger partial charge on any atom is -0.317 e. The second-order valence-electron chi connectivity index (χ2n) is 5.01. The van der Waals surface area contributed by atoms with Crippen molar-refractivity contribution in [3.05, 3.63) is 0 Å². The summed E-state index contributed by atoms with van der Waals surface area (Å²) in [6.45, 7) is 1.92. The molecular formula is C11H22N2O2S2. The zero-order valence-electron chi connectivity index (χ0n) is 10.4. The third-order valence-corrected chi connectivity index (χ3v) is 6.98. The number of sulfonamides is 1. The molecule has 2 aliphatic heterocycles. The molecule has 0 saturated carbocycles. The second-order valence-corrected chi connectivity index (χ2v) is 8.23. The largest absolute Gasteiger partial charge is 0.317 e. The van der Waals surface area contributed by atoms with E-state index in [1.54, 1.807) is 11.4 Å². The normalized spacial score (nSPS) is 27.8. The van der Waals surface area contributed by atoms with Crippen LogP contribution in [0.3, 0.4) is 0 Å². The smallest absolute Gasteiger partial charge is 0.214 e. The first-order valence-electron chi connectivity index (χ1n) is 6.34. The van der Waals surface area contributed by atoms with Crippen LogP contribution >= 0.6 is 11.8 Å². The van der Waals surface area contributed by atoms with Crippen molar-refractivity contribution in [3.8, 4) is 0 Å². The minimum absolute atomic E-state index is 0.228. The van der Waals surface area contributed by atoms with Crippen LogP contribution in [0.15, 0.2) is 0 Å². The number of rotatable bonds is 4. The van der Waals surface area contributed by atoms with Gasteiger partial charge in [-0.3, -0.25) is 0 Å². The lowest BCUT2D eigenvalue weighted by atomic mass is 10.0. The van der Waals surface area contributed by atoms with Crippen LogP contribution in [0, 0.1) is 5.92 Å². The maximum absolute atomic E-state index is 12.3. The zero-order valence-corrected chi connectivity index (χ0v) is 12.0. The molecule has 1 atom stereocenters. The molecule has 0 aromatic carbocycles. The Balaban J connectivity index is 1.92. The Morgan fingerprint density at radius 3 is 2.59 bits per heavy atom. The average molecular weight is 278 g/mol. The van der Waals surface area contributed by atoms with E-state index in [4.69, 9.17) is 0 Å². The van der Waals surface area contributed by atoms with Gasteiger partial charge in [0, 0.05) is 18.8 Å². The quantitative estimate of drug-likeness (QED) is 0.824. The van der Waals surface area contributed by atoms with E-state index >= 15 is 0 Å². The van der Waals surface area contributed by atoms with E-state index in [2.05, 4.69) is 5.32 Å². The van der Waals surface area contributed by atoms with Crippen molar-refractivity contribution in [2.24, 2.45) is 5.92 Å². The Morgan fingerprint density at radius 1 is 1.29 bits per heavy atom. The highest BCUT2D eigenvalue weighted by Gasteiger charge is 2.31. The van der Waals surface area contributed by atoms with E-state index in [0.29, 0.717) is 11.7 Å². The van der Waals surface area contributed by atoms with Gasteiger partial charge in [0.2, 0.25) is 10.0 Å². The van der Waals surface area contributed by atoms with E-state index < -0.39 is 10.0 Å². The molecule has 1 N–H and O–H groups in total. The van der Waals surface area contributed by atoms with Gasteiger partial charge >= 0.3 is 0 Å². The number of piperidine rings is 1. The van der Waals surface area contributed by atoms with Crippen LogP contribution in [0.5, 0.6) is 0 Å². The summed E-state index contributed by atoms with van der Waals surface area (Å²) in [4.78, 5) is 0. The molecule has 0 aromatic heterocycles. The van der Waals surface area contributed by atoms with Gasteiger partial charge in [-0.1, -0.05) is 0 Å². The van der Waals surface area contributed by atoms with Gasteiger partial charge in [0.1, 0.15) is 0 Å². The minimum atomic E-state index is -3.05. The zero-order chi connectivity index (χ0) is 12.3. The van der Waals surface area contributed by atoms with Gasteiger partial charge in [-0.2, -0.15) is 11.8 Å². The summed E-state index contributed by atoms with van der Waals surface area (Å²) < 4.78 is 26.2. The summed E-state index contributed by atoms with van der Waals surface area (Å²) in [5.74, 6) is 2.74. The van der Waals surface area contributed by atoms with Crippen molar-refractivity contribution >= 4 is 21.8 Å². The van der Waals surface area contributed by atoms with Crippen molar-refractivity contribution < 1.29 is 8.42 Å². The topological polar surface area (TPSA) is 49.4 Å². The standard InChI is InChI=1S/C11H22N2O2S2/c1-13(11-4-7-16-8-11)17(14,15)9-10-2-5-12-6-3-10/h10-12H,2-9H2,1H3. The number of nitrogens with zero attached hydrogens (tertiary/aromatic N) is 1. The monoisotopic (exact) mass is 278 g/mol. The highest BCUT2D eigenvalue weighted by atomic mass is 32.2. The summed E-state index contributed by atoms with van der Waals surface area (Å²) >= 11 is 1.86. The Bertz CT molecular complexity index is 333. The molecule has 0 amide bonds. The van der Waals surface area contributed by atoms with Gasteiger partial charge in [-0.05, 0) is 44.0 Å². The van der Waals surface area contributed by atoms with Crippen molar-refractivity contribution in [1.82, 2.24) is 9.62 Å². The number of hydrogen-bond acceptors (Lipinski definition) is 4. The predicted octanol–water partition coefficient (Wildman–Crippen LogP) is 0.753. The fraction of sp³-hybridized carbons (Fsp3) is 1.00. The third kappa shape index (κ3) is 3.59. The van der Waals surface area contributed by atoms with Gasteiger partial charge in [0.05, 0.1) is 5.75 Å². The molecule has 2 aliphatic rings. The number of nitrogens with one attached hydrogen (secondary N) is 1. The molecule has 2 rings (SSSR count). The first-order valence-corrected chi connectivity index (χ1v) is 9.10. The van der Waals surface area contributed by atoms with E-state index in [9.17, 15) is 8.42 Å². The number of hydrogen-bond donors (Lipinski definition) is 1. The highest BCUT2D eigenvalue weighted by molar-refractivity contribution is 7.99. The molecule has 2 saturated heterocycles. The predicted molar refractivity (Wildman–Crippen MR) is 72.9 cm³/mol. The Hall–Kier alpha value is 0.220. The molecule has 2 heterocycles. The van der Waals surface area contributed by atoms with Gasteiger partial charge in [-0.25, -0.2) is 12.7 Å². The fourth-order valence-corrected chi connectivity index (χ4v) is 5.66. The van der Waals surface area contributed by atoms with E-state index in [0.717, 1.165) is 43.9 Å². The molecule has 4 nitrogen and oxygen atoms in total. The molecule has 0 bridgehead atoms. The van der Waals surface area contributed by atoms with Crippen LogP contribution in [0.2, 0.25) is 0 Å². The third-order valence-electron chi connectivity index (χ3n) is 3.76. The van der Waals surface area contributed by atoms with Crippen LogP contribution < -0.4 is 5.32 Å². The molecular weight excluding hydrogens is 256 g/mol. The second kappa shape index (κ2) is 5.91.